The van der Waals surface area contributed by atoms with E-state index in [1.54, 1.807) is 12.1 Å². The van der Waals surface area contributed by atoms with E-state index >= 15 is 0 Å². The van der Waals surface area contributed by atoms with Crippen molar-refractivity contribution in [2.45, 2.75) is 6.42 Å². The van der Waals surface area contributed by atoms with Gasteiger partial charge in [-0.05, 0) is 107 Å². The SMILES string of the molecule is Oc1ccc(-c2ccc3c(c2-c2ccc(O)c(Br)c2)Cc2ccccc2-3)cc1Br. The highest BCUT2D eigenvalue weighted by atomic mass is 79.9. The molecule has 0 fully saturated rings. The summed E-state index contributed by atoms with van der Waals surface area (Å²) in [4.78, 5) is 0. The van der Waals surface area contributed by atoms with Crippen molar-refractivity contribution in [1.29, 1.82) is 0 Å². The molecule has 2 N–H and O–H groups in total. The minimum Gasteiger partial charge on any atom is -0.507 e. The van der Waals surface area contributed by atoms with Crippen molar-refractivity contribution in [3.05, 3.63) is 92.9 Å². The van der Waals surface area contributed by atoms with E-state index in [4.69, 9.17) is 0 Å². The quantitative estimate of drug-likeness (QED) is 0.259. The lowest BCUT2D eigenvalue weighted by atomic mass is 9.88. The zero-order valence-electron chi connectivity index (χ0n) is 15.3. The summed E-state index contributed by atoms with van der Waals surface area (Å²) in [7, 11) is 0. The molecule has 0 saturated heterocycles. The largest absolute Gasteiger partial charge is 0.507 e. The molecule has 29 heavy (non-hydrogen) atoms. The first-order valence-electron chi connectivity index (χ1n) is 9.25. The molecule has 0 aliphatic heterocycles. The van der Waals surface area contributed by atoms with Gasteiger partial charge in [0.15, 0.2) is 0 Å². The van der Waals surface area contributed by atoms with Crippen LogP contribution in [0.3, 0.4) is 0 Å². The van der Waals surface area contributed by atoms with E-state index in [-0.39, 0.29) is 11.5 Å². The summed E-state index contributed by atoms with van der Waals surface area (Å²) in [6, 6.07) is 24.1. The van der Waals surface area contributed by atoms with Gasteiger partial charge in [-0.2, -0.15) is 0 Å². The zero-order chi connectivity index (χ0) is 20.1. The van der Waals surface area contributed by atoms with Crippen molar-refractivity contribution in [2.24, 2.45) is 0 Å². The van der Waals surface area contributed by atoms with Gasteiger partial charge in [0.05, 0.1) is 8.95 Å². The minimum atomic E-state index is 0.219. The first-order chi connectivity index (χ1) is 14.0. The number of rotatable bonds is 2. The maximum Gasteiger partial charge on any atom is 0.129 e. The number of halogens is 2. The highest BCUT2D eigenvalue weighted by molar-refractivity contribution is 9.10. The van der Waals surface area contributed by atoms with E-state index in [0.29, 0.717) is 8.95 Å². The summed E-state index contributed by atoms with van der Waals surface area (Å²) in [5.74, 6) is 0.440. The molecule has 5 rings (SSSR count). The molecule has 0 radical (unpaired) electrons. The van der Waals surface area contributed by atoms with Gasteiger partial charge in [-0.1, -0.05) is 48.5 Å². The van der Waals surface area contributed by atoms with E-state index in [2.05, 4.69) is 68.3 Å². The third-order valence-corrected chi connectivity index (χ3v) is 6.75. The first-order valence-corrected chi connectivity index (χ1v) is 10.8. The number of fused-ring (bicyclic) bond motifs is 3. The molecule has 1 aliphatic carbocycles. The van der Waals surface area contributed by atoms with Gasteiger partial charge in [-0.15, -0.1) is 0 Å². The average molecular weight is 508 g/mol. The summed E-state index contributed by atoms with van der Waals surface area (Å²) in [5, 5.41) is 19.9. The van der Waals surface area contributed by atoms with Gasteiger partial charge >= 0.3 is 0 Å². The predicted molar refractivity (Wildman–Crippen MR) is 124 cm³/mol. The Morgan fingerprint density at radius 1 is 0.621 bits per heavy atom. The second kappa shape index (κ2) is 7.05. The molecular formula is C25H16Br2O2. The molecule has 0 atom stereocenters. The average Bonchev–Trinajstić information content (AvgIpc) is 3.10. The van der Waals surface area contributed by atoms with E-state index in [9.17, 15) is 10.2 Å². The molecule has 2 nitrogen and oxygen atoms in total. The number of aromatic hydroxyl groups is 2. The second-order valence-corrected chi connectivity index (χ2v) is 8.89. The Morgan fingerprint density at radius 3 is 1.97 bits per heavy atom. The van der Waals surface area contributed by atoms with E-state index in [0.717, 1.165) is 28.7 Å². The zero-order valence-corrected chi connectivity index (χ0v) is 18.5. The van der Waals surface area contributed by atoms with Crippen molar-refractivity contribution in [2.75, 3.05) is 0 Å². The fourth-order valence-corrected chi connectivity index (χ4v) is 4.88. The maximum absolute atomic E-state index is 10.00. The molecule has 0 aromatic heterocycles. The van der Waals surface area contributed by atoms with Gasteiger partial charge in [0.25, 0.3) is 0 Å². The van der Waals surface area contributed by atoms with Crippen LogP contribution in [0.15, 0.2) is 81.7 Å². The van der Waals surface area contributed by atoms with Crippen molar-refractivity contribution in [1.82, 2.24) is 0 Å². The number of hydrogen-bond acceptors (Lipinski definition) is 2. The lowest BCUT2D eigenvalue weighted by molar-refractivity contribution is 0.471. The molecule has 0 heterocycles. The van der Waals surface area contributed by atoms with Crippen LogP contribution in [0.25, 0.3) is 33.4 Å². The van der Waals surface area contributed by atoms with E-state index in [1.807, 2.05) is 24.3 Å². The van der Waals surface area contributed by atoms with Gasteiger partial charge in [0, 0.05) is 0 Å². The molecule has 0 amide bonds. The summed E-state index contributed by atoms with van der Waals surface area (Å²) in [6.45, 7) is 0. The molecule has 0 spiro atoms. The van der Waals surface area contributed by atoms with Gasteiger partial charge in [0.2, 0.25) is 0 Å². The molecule has 4 aromatic rings. The van der Waals surface area contributed by atoms with Gasteiger partial charge < -0.3 is 10.2 Å². The number of benzene rings is 4. The highest BCUT2D eigenvalue weighted by Gasteiger charge is 2.24. The molecule has 4 heteroatoms. The van der Waals surface area contributed by atoms with Crippen LogP contribution in [0.1, 0.15) is 11.1 Å². The number of phenolic OH excluding ortho intramolecular Hbond substituents is 2. The van der Waals surface area contributed by atoms with Gasteiger partial charge in [-0.25, -0.2) is 0 Å². The summed E-state index contributed by atoms with van der Waals surface area (Å²) in [5.41, 5.74) is 9.44. The molecular weight excluding hydrogens is 492 g/mol. The smallest absolute Gasteiger partial charge is 0.129 e. The van der Waals surface area contributed by atoms with Crippen LogP contribution in [-0.4, -0.2) is 10.2 Å². The Bertz CT molecular complexity index is 1280. The topological polar surface area (TPSA) is 40.5 Å². The fourth-order valence-electron chi connectivity index (χ4n) is 4.12. The Labute approximate surface area is 185 Å². The van der Waals surface area contributed by atoms with Crippen LogP contribution in [0, 0.1) is 0 Å². The molecule has 4 aromatic carbocycles. The van der Waals surface area contributed by atoms with Crippen LogP contribution < -0.4 is 0 Å². The summed E-state index contributed by atoms with van der Waals surface area (Å²) < 4.78 is 1.33. The lowest BCUT2D eigenvalue weighted by Crippen LogP contribution is -1.93. The molecule has 0 bridgehead atoms. The molecule has 0 unspecified atom stereocenters. The van der Waals surface area contributed by atoms with Crippen molar-refractivity contribution < 1.29 is 10.2 Å². The Morgan fingerprint density at radius 2 is 1.24 bits per heavy atom. The van der Waals surface area contributed by atoms with E-state index in [1.165, 1.54) is 22.3 Å². The third-order valence-electron chi connectivity index (χ3n) is 5.48. The van der Waals surface area contributed by atoms with Crippen LogP contribution >= 0.6 is 31.9 Å². The molecule has 0 saturated carbocycles. The molecule has 142 valence electrons. The summed E-state index contributed by atoms with van der Waals surface area (Å²) in [6.07, 6.45) is 0.867. The van der Waals surface area contributed by atoms with Crippen LogP contribution in [0.5, 0.6) is 11.5 Å². The molecule has 1 aliphatic rings. The predicted octanol–water partition coefficient (Wildman–Crippen LogP) is 7.53. The van der Waals surface area contributed by atoms with Crippen molar-refractivity contribution in [3.8, 4) is 44.9 Å². The van der Waals surface area contributed by atoms with Crippen molar-refractivity contribution in [3.63, 3.8) is 0 Å². The van der Waals surface area contributed by atoms with E-state index < -0.39 is 0 Å². The summed E-state index contributed by atoms with van der Waals surface area (Å²) >= 11 is 6.90. The highest BCUT2D eigenvalue weighted by Crippen LogP contribution is 2.47. The third kappa shape index (κ3) is 3.07. The van der Waals surface area contributed by atoms with Crippen LogP contribution in [0.2, 0.25) is 0 Å². The van der Waals surface area contributed by atoms with Crippen LogP contribution in [0.4, 0.5) is 0 Å². The monoisotopic (exact) mass is 506 g/mol. The van der Waals surface area contributed by atoms with Gasteiger partial charge in [0.1, 0.15) is 11.5 Å². The first kappa shape index (κ1) is 18.5. The standard InChI is InChI=1S/C25H16Br2O2/c26-21-12-15(5-9-23(21)28)18-7-8-19-17-4-2-1-3-14(17)11-20(19)25(18)16-6-10-24(29)22(27)13-16/h1-10,12-13,28-29H,11H2. The Hall–Kier alpha value is -2.56. The van der Waals surface area contributed by atoms with Gasteiger partial charge in [-0.3, -0.25) is 0 Å². The number of hydrogen-bond donors (Lipinski definition) is 2. The Balaban J connectivity index is 1.81. The van der Waals surface area contributed by atoms with Crippen molar-refractivity contribution >= 4 is 31.9 Å². The fraction of sp³-hybridized carbons (Fsp3) is 0.0400. The lowest BCUT2D eigenvalue weighted by Gasteiger charge is -2.17. The number of phenols is 2. The normalized spacial score (nSPS) is 11.9. The minimum absolute atomic E-state index is 0.219. The Kier molecular flexibility index (Phi) is 4.49. The van der Waals surface area contributed by atoms with Crippen LogP contribution in [-0.2, 0) is 6.42 Å². The second-order valence-electron chi connectivity index (χ2n) is 7.18. The maximum atomic E-state index is 10.00.